The maximum absolute atomic E-state index is 11.3. The molecule has 0 aliphatic carbocycles. The Labute approximate surface area is 164 Å². The Hall–Kier alpha value is -3.03. The first-order chi connectivity index (χ1) is 13.1. The van der Waals surface area contributed by atoms with Crippen molar-refractivity contribution in [2.24, 2.45) is 0 Å². The molecule has 4 rings (SSSR count). The Balaban J connectivity index is 1.85. The van der Waals surface area contributed by atoms with E-state index in [0.717, 1.165) is 32.5 Å². The lowest BCUT2D eigenvalue weighted by Crippen LogP contribution is -2.07. The molecule has 4 aromatic rings. The average molecular weight is 396 g/mol. The van der Waals surface area contributed by atoms with Gasteiger partial charge < -0.3 is 10.3 Å². The molecule has 27 heavy (non-hydrogen) atoms. The number of rotatable bonds is 4. The topological polar surface area (TPSA) is 83.6 Å². The van der Waals surface area contributed by atoms with Crippen LogP contribution in [0.25, 0.3) is 32.5 Å². The first kappa shape index (κ1) is 17.4. The number of nitrogens with one attached hydrogen (secondary N) is 2. The number of hydrogen-bond donors (Lipinski definition) is 2. The Morgan fingerprint density at radius 2 is 2.04 bits per heavy atom. The highest BCUT2D eigenvalue weighted by Gasteiger charge is 2.19. The highest BCUT2D eigenvalue weighted by atomic mass is 35.5. The second-order valence-electron chi connectivity index (χ2n) is 5.73. The standard InChI is InChI=1S/C19H14ClN5OS/c1-11(26)24-15-10-12(6-7-21-15)19-25-16(13-4-2-3-5-14(13)20)17(27-19)18-22-8-9-23-18/h2-10H,1H3,(H,22,23)(H,21,24,26). The fourth-order valence-corrected chi connectivity index (χ4v) is 3.90. The fraction of sp³-hybridized carbons (Fsp3) is 0.0526. The lowest BCUT2D eigenvalue weighted by Gasteiger charge is -2.03. The number of imidazole rings is 1. The molecular weight excluding hydrogens is 382 g/mol. The van der Waals surface area contributed by atoms with Gasteiger partial charge in [-0.15, -0.1) is 11.3 Å². The minimum atomic E-state index is -0.174. The summed E-state index contributed by atoms with van der Waals surface area (Å²) >= 11 is 7.90. The molecular formula is C19H14ClN5OS. The van der Waals surface area contributed by atoms with Crippen molar-refractivity contribution in [2.45, 2.75) is 6.92 Å². The Bertz CT molecular complexity index is 1110. The van der Waals surface area contributed by atoms with Gasteiger partial charge in [-0.25, -0.2) is 15.0 Å². The maximum atomic E-state index is 11.3. The first-order valence-electron chi connectivity index (χ1n) is 8.11. The van der Waals surface area contributed by atoms with Crippen molar-refractivity contribution in [3.8, 4) is 32.5 Å². The molecule has 0 saturated carbocycles. The fourth-order valence-electron chi connectivity index (χ4n) is 2.64. The average Bonchev–Trinajstić information content (AvgIpc) is 3.31. The molecule has 8 heteroatoms. The number of halogens is 1. The molecule has 0 bridgehead atoms. The minimum Gasteiger partial charge on any atom is -0.344 e. The normalized spacial score (nSPS) is 10.7. The Morgan fingerprint density at radius 1 is 1.19 bits per heavy atom. The van der Waals surface area contributed by atoms with Crippen molar-refractivity contribution >= 4 is 34.7 Å². The van der Waals surface area contributed by atoms with Gasteiger partial charge in [0.15, 0.2) is 0 Å². The summed E-state index contributed by atoms with van der Waals surface area (Å²) in [5, 5.41) is 4.10. The van der Waals surface area contributed by atoms with E-state index < -0.39 is 0 Å². The van der Waals surface area contributed by atoms with Crippen molar-refractivity contribution < 1.29 is 4.79 Å². The van der Waals surface area contributed by atoms with Crippen molar-refractivity contribution in [1.82, 2.24) is 19.9 Å². The highest BCUT2D eigenvalue weighted by Crippen LogP contribution is 2.41. The summed E-state index contributed by atoms with van der Waals surface area (Å²) in [4.78, 5) is 28.7. The van der Waals surface area contributed by atoms with Crippen molar-refractivity contribution in [1.29, 1.82) is 0 Å². The van der Waals surface area contributed by atoms with Crippen LogP contribution < -0.4 is 5.32 Å². The van der Waals surface area contributed by atoms with Crippen molar-refractivity contribution in [3.05, 3.63) is 60.0 Å². The lowest BCUT2D eigenvalue weighted by molar-refractivity contribution is -0.114. The van der Waals surface area contributed by atoms with Gasteiger partial charge in [0.25, 0.3) is 0 Å². The second-order valence-corrected chi connectivity index (χ2v) is 7.13. The maximum Gasteiger partial charge on any atom is 0.222 e. The van der Waals surface area contributed by atoms with E-state index in [0.29, 0.717) is 10.8 Å². The van der Waals surface area contributed by atoms with Crippen LogP contribution in [0.3, 0.4) is 0 Å². The first-order valence-corrected chi connectivity index (χ1v) is 9.31. The van der Waals surface area contributed by atoms with Gasteiger partial charge in [-0.2, -0.15) is 0 Å². The molecule has 0 fully saturated rings. The molecule has 0 unspecified atom stereocenters. The second kappa shape index (κ2) is 7.30. The van der Waals surface area contributed by atoms with E-state index in [9.17, 15) is 4.79 Å². The van der Waals surface area contributed by atoms with Gasteiger partial charge in [-0.1, -0.05) is 29.8 Å². The van der Waals surface area contributed by atoms with Gasteiger partial charge in [0.1, 0.15) is 16.6 Å². The van der Waals surface area contributed by atoms with Gasteiger partial charge in [0.05, 0.1) is 15.6 Å². The summed E-state index contributed by atoms with van der Waals surface area (Å²) in [5.41, 5.74) is 2.45. The van der Waals surface area contributed by atoms with Crippen LogP contribution in [0.5, 0.6) is 0 Å². The molecule has 0 saturated heterocycles. The third-order valence-corrected chi connectivity index (χ3v) is 5.22. The molecule has 1 aromatic carbocycles. The van der Waals surface area contributed by atoms with Crippen LogP contribution in [0.15, 0.2) is 55.0 Å². The lowest BCUT2D eigenvalue weighted by atomic mass is 10.1. The number of carbonyl (C=O) groups excluding carboxylic acids is 1. The molecule has 0 atom stereocenters. The summed E-state index contributed by atoms with van der Waals surface area (Å²) in [7, 11) is 0. The van der Waals surface area contributed by atoms with E-state index in [1.165, 1.54) is 18.3 Å². The van der Waals surface area contributed by atoms with Crippen LogP contribution in [0, 0.1) is 0 Å². The molecule has 1 amide bonds. The number of hydrogen-bond acceptors (Lipinski definition) is 5. The van der Waals surface area contributed by atoms with Crippen molar-refractivity contribution in [2.75, 3.05) is 5.32 Å². The van der Waals surface area contributed by atoms with E-state index in [4.69, 9.17) is 16.6 Å². The molecule has 0 aliphatic heterocycles. The number of pyridine rings is 1. The van der Waals surface area contributed by atoms with Crippen LogP contribution in [0.1, 0.15) is 6.92 Å². The predicted molar refractivity (Wildman–Crippen MR) is 108 cm³/mol. The number of amides is 1. The zero-order valence-corrected chi connectivity index (χ0v) is 15.8. The Morgan fingerprint density at radius 3 is 2.78 bits per heavy atom. The zero-order valence-electron chi connectivity index (χ0n) is 14.2. The van der Waals surface area contributed by atoms with E-state index >= 15 is 0 Å². The van der Waals surface area contributed by atoms with E-state index in [2.05, 4.69) is 20.3 Å². The molecule has 0 radical (unpaired) electrons. The molecule has 3 aromatic heterocycles. The molecule has 2 N–H and O–H groups in total. The van der Waals surface area contributed by atoms with Crippen molar-refractivity contribution in [3.63, 3.8) is 0 Å². The summed E-state index contributed by atoms with van der Waals surface area (Å²) < 4.78 is 0. The number of carbonyl (C=O) groups is 1. The number of H-pyrrole nitrogens is 1. The highest BCUT2D eigenvalue weighted by molar-refractivity contribution is 7.18. The number of benzene rings is 1. The zero-order chi connectivity index (χ0) is 18.8. The Kier molecular flexibility index (Phi) is 4.70. The molecule has 3 heterocycles. The van der Waals surface area contributed by atoms with Gasteiger partial charge in [0.2, 0.25) is 5.91 Å². The molecule has 134 valence electrons. The smallest absolute Gasteiger partial charge is 0.222 e. The number of nitrogens with zero attached hydrogens (tertiary/aromatic N) is 3. The molecule has 0 aliphatic rings. The van der Waals surface area contributed by atoms with E-state index in [1.54, 1.807) is 24.7 Å². The van der Waals surface area contributed by atoms with Gasteiger partial charge >= 0.3 is 0 Å². The molecule has 6 nitrogen and oxygen atoms in total. The van der Waals surface area contributed by atoms with E-state index in [-0.39, 0.29) is 5.91 Å². The predicted octanol–water partition coefficient (Wildman–Crippen LogP) is 4.87. The monoisotopic (exact) mass is 395 g/mol. The number of aromatic amines is 1. The third-order valence-electron chi connectivity index (χ3n) is 3.78. The summed E-state index contributed by atoms with van der Waals surface area (Å²) in [6.45, 7) is 1.45. The SMILES string of the molecule is CC(=O)Nc1cc(-c2nc(-c3ccccc3Cl)c(-c3ncc[nH]3)s2)ccn1. The van der Waals surface area contributed by atoms with Gasteiger partial charge in [0, 0.05) is 36.6 Å². The van der Waals surface area contributed by atoms with Crippen LogP contribution in [0.4, 0.5) is 5.82 Å². The van der Waals surface area contributed by atoms with Gasteiger partial charge in [-0.05, 0) is 18.2 Å². The number of thiazole rings is 1. The quantitative estimate of drug-likeness (QED) is 0.516. The van der Waals surface area contributed by atoms with E-state index in [1.807, 2.05) is 30.3 Å². The largest absolute Gasteiger partial charge is 0.344 e. The van der Waals surface area contributed by atoms with Gasteiger partial charge in [-0.3, -0.25) is 4.79 Å². The number of anilines is 1. The minimum absolute atomic E-state index is 0.174. The summed E-state index contributed by atoms with van der Waals surface area (Å²) in [6, 6.07) is 11.2. The van der Waals surface area contributed by atoms with Crippen LogP contribution in [-0.4, -0.2) is 25.8 Å². The molecule has 0 spiro atoms. The van der Waals surface area contributed by atoms with Crippen LogP contribution >= 0.6 is 22.9 Å². The van der Waals surface area contributed by atoms with Crippen LogP contribution in [0.2, 0.25) is 5.02 Å². The summed E-state index contributed by atoms with van der Waals surface area (Å²) in [5.74, 6) is 1.03. The van der Waals surface area contributed by atoms with Crippen LogP contribution in [-0.2, 0) is 4.79 Å². The number of aromatic nitrogens is 4. The summed E-state index contributed by atoms with van der Waals surface area (Å²) in [6.07, 6.45) is 5.11. The third kappa shape index (κ3) is 3.60.